The predicted molar refractivity (Wildman–Crippen MR) is 92.8 cm³/mol. The molecule has 7 nitrogen and oxygen atoms in total. The summed E-state index contributed by atoms with van der Waals surface area (Å²) in [6.45, 7) is 3.76. The van der Waals surface area contributed by atoms with E-state index in [1.807, 2.05) is 12.3 Å². The van der Waals surface area contributed by atoms with Crippen LogP contribution in [-0.2, 0) is 11.3 Å². The number of hydrogen-bond donors (Lipinski definition) is 2. The van der Waals surface area contributed by atoms with Crippen molar-refractivity contribution in [2.24, 2.45) is 0 Å². The summed E-state index contributed by atoms with van der Waals surface area (Å²) < 4.78 is 5.73. The van der Waals surface area contributed by atoms with E-state index in [4.69, 9.17) is 9.84 Å². The Hall–Kier alpha value is -2.45. The number of hydrogen-bond acceptors (Lipinski definition) is 5. The van der Waals surface area contributed by atoms with Gasteiger partial charge >= 0.3 is 12.0 Å². The van der Waals surface area contributed by atoms with E-state index in [1.165, 1.54) is 12.1 Å². The molecule has 0 aliphatic carbocycles. The molecule has 3 rings (SSSR count). The first kappa shape index (κ1) is 17.4. The van der Waals surface area contributed by atoms with Gasteiger partial charge < -0.3 is 20.1 Å². The molecule has 25 heavy (non-hydrogen) atoms. The average Bonchev–Trinajstić information content (AvgIpc) is 3.06. The third-order valence-electron chi connectivity index (χ3n) is 3.91. The van der Waals surface area contributed by atoms with Crippen LogP contribution in [0, 0.1) is 6.92 Å². The lowest BCUT2D eigenvalue weighted by Gasteiger charge is -2.32. The van der Waals surface area contributed by atoms with Crippen molar-refractivity contribution >= 4 is 23.3 Å². The van der Waals surface area contributed by atoms with Crippen LogP contribution in [0.25, 0.3) is 0 Å². The molecule has 1 aliphatic rings. The van der Waals surface area contributed by atoms with Crippen LogP contribution in [0.5, 0.6) is 0 Å². The Morgan fingerprint density at radius 3 is 2.80 bits per heavy atom. The molecule has 132 valence electrons. The molecule has 2 N–H and O–H groups in total. The Balaban J connectivity index is 1.54. The maximum Gasteiger partial charge on any atom is 0.335 e. The van der Waals surface area contributed by atoms with Crippen LogP contribution in [0.1, 0.15) is 32.7 Å². The zero-order valence-electron chi connectivity index (χ0n) is 13.8. The van der Waals surface area contributed by atoms with Crippen molar-refractivity contribution < 1.29 is 19.4 Å². The van der Waals surface area contributed by atoms with E-state index in [0.29, 0.717) is 26.2 Å². The topological polar surface area (TPSA) is 91.8 Å². The highest BCUT2D eigenvalue weighted by Crippen LogP contribution is 2.25. The van der Waals surface area contributed by atoms with Gasteiger partial charge in [0, 0.05) is 24.2 Å². The molecule has 1 aromatic carbocycles. The first-order valence-electron chi connectivity index (χ1n) is 7.91. The van der Waals surface area contributed by atoms with Crippen LogP contribution in [-0.4, -0.2) is 46.7 Å². The number of aromatic nitrogens is 1. The summed E-state index contributed by atoms with van der Waals surface area (Å²) in [5, 5.41) is 14.6. The molecule has 0 saturated carbocycles. The summed E-state index contributed by atoms with van der Waals surface area (Å²) >= 11 is 1.54. The number of thiazole rings is 1. The van der Waals surface area contributed by atoms with E-state index in [2.05, 4.69) is 10.3 Å². The Bertz CT molecular complexity index is 760. The number of nitrogens with zero attached hydrogens (tertiary/aromatic N) is 2. The number of carboxylic acids is 1. The van der Waals surface area contributed by atoms with Crippen LogP contribution in [0.4, 0.5) is 4.79 Å². The van der Waals surface area contributed by atoms with Crippen LogP contribution >= 0.6 is 11.3 Å². The number of rotatable bonds is 4. The third-order valence-corrected chi connectivity index (χ3v) is 4.97. The van der Waals surface area contributed by atoms with Gasteiger partial charge in [-0.15, -0.1) is 11.3 Å². The lowest BCUT2D eigenvalue weighted by atomic mass is 10.1. The van der Waals surface area contributed by atoms with Crippen molar-refractivity contribution in [3.8, 4) is 0 Å². The van der Waals surface area contributed by atoms with Crippen LogP contribution in [0.15, 0.2) is 29.6 Å². The molecule has 2 amide bonds. The van der Waals surface area contributed by atoms with E-state index in [1.54, 1.807) is 28.4 Å². The average molecular weight is 361 g/mol. The molecule has 0 radical (unpaired) electrons. The van der Waals surface area contributed by atoms with Gasteiger partial charge in [-0.05, 0) is 24.6 Å². The highest BCUT2D eigenvalue weighted by Gasteiger charge is 2.27. The number of urea groups is 1. The number of aromatic carboxylic acids is 1. The number of aryl methyl sites for hydroxylation is 1. The molecular formula is C17H19N3O4S. The highest BCUT2D eigenvalue weighted by molar-refractivity contribution is 7.09. The summed E-state index contributed by atoms with van der Waals surface area (Å²) in [4.78, 5) is 29.4. The fourth-order valence-corrected chi connectivity index (χ4v) is 3.39. The standard InChI is InChI=1S/C17H19N3O4S/c1-11-10-25-15(19-11)14-9-20(6-7-24-14)17(23)18-8-12-2-4-13(5-3-12)16(21)22/h2-5,10,14H,6-9H2,1H3,(H,18,23)(H,21,22). The third kappa shape index (κ3) is 4.34. The summed E-state index contributed by atoms with van der Waals surface area (Å²) in [6.07, 6.45) is -0.187. The van der Waals surface area contributed by atoms with Crippen molar-refractivity contribution in [2.75, 3.05) is 19.7 Å². The molecule has 1 aliphatic heterocycles. The molecule has 1 atom stereocenters. The predicted octanol–water partition coefficient (Wildman–Crippen LogP) is 2.43. The summed E-state index contributed by atoms with van der Waals surface area (Å²) in [5.41, 5.74) is 2.03. The van der Waals surface area contributed by atoms with Gasteiger partial charge in [-0.25, -0.2) is 14.6 Å². The number of carbonyl (C=O) groups excluding carboxylic acids is 1. The second-order valence-electron chi connectivity index (χ2n) is 5.79. The second-order valence-corrected chi connectivity index (χ2v) is 6.68. The number of amides is 2. The molecule has 1 aromatic heterocycles. The first-order valence-corrected chi connectivity index (χ1v) is 8.79. The highest BCUT2D eigenvalue weighted by atomic mass is 32.1. The molecular weight excluding hydrogens is 342 g/mol. The van der Waals surface area contributed by atoms with Crippen LogP contribution in [0.3, 0.4) is 0 Å². The van der Waals surface area contributed by atoms with Crippen molar-refractivity contribution in [1.82, 2.24) is 15.2 Å². The molecule has 0 spiro atoms. The number of ether oxygens (including phenoxy) is 1. The number of carbonyl (C=O) groups is 2. The Morgan fingerprint density at radius 1 is 1.40 bits per heavy atom. The summed E-state index contributed by atoms with van der Waals surface area (Å²) in [5.74, 6) is -0.965. The summed E-state index contributed by atoms with van der Waals surface area (Å²) in [6, 6.07) is 6.29. The minimum Gasteiger partial charge on any atom is -0.478 e. The number of carboxylic acid groups (broad SMARTS) is 1. The molecule has 2 aromatic rings. The lowest BCUT2D eigenvalue weighted by Crippen LogP contribution is -2.46. The molecule has 8 heteroatoms. The van der Waals surface area contributed by atoms with Crippen molar-refractivity contribution in [1.29, 1.82) is 0 Å². The zero-order chi connectivity index (χ0) is 17.8. The normalized spacial score (nSPS) is 17.3. The van der Waals surface area contributed by atoms with E-state index in [9.17, 15) is 9.59 Å². The van der Waals surface area contributed by atoms with Gasteiger partial charge in [0.2, 0.25) is 0 Å². The minimum absolute atomic E-state index is 0.163. The number of benzene rings is 1. The maximum absolute atomic E-state index is 12.4. The molecule has 1 unspecified atom stereocenters. The second kappa shape index (κ2) is 7.62. The Labute approximate surface area is 149 Å². The van der Waals surface area contributed by atoms with Crippen molar-refractivity contribution in [3.63, 3.8) is 0 Å². The zero-order valence-corrected chi connectivity index (χ0v) is 14.6. The van der Waals surface area contributed by atoms with Crippen LogP contribution in [0.2, 0.25) is 0 Å². The molecule has 1 saturated heterocycles. The van der Waals surface area contributed by atoms with E-state index < -0.39 is 5.97 Å². The van der Waals surface area contributed by atoms with Crippen LogP contribution < -0.4 is 5.32 Å². The van der Waals surface area contributed by atoms with Gasteiger partial charge in [0.05, 0.1) is 18.7 Å². The quantitative estimate of drug-likeness (QED) is 0.873. The largest absolute Gasteiger partial charge is 0.478 e. The Kier molecular flexibility index (Phi) is 5.30. The first-order chi connectivity index (χ1) is 12.0. The van der Waals surface area contributed by atoms with Gasteiger partial charge in [-0.3, -0.25) is 0 Å². The Morgan fingerprint density at radius 2 is 2.16 bits per heavy atom. The summed E-state index contributed by atoms with van der Waals surface area (Å²) in [7, 11) is 0. The fourth-order valence-electron chi connectivity index (χ4n) is 2.56. The van der Waals surface area contributed by atoms with Gasteiger partial charge in [0.1, 0.15) is 11.1 Å². The van der Waals surface area contributed by atoms with Crippen molar-refractivity contribution in [3.05, 3.63) is 51.5 Å². The SMILES string of the molecule is Cc1csc(C2CN(C(=O)NCc3ccc(C(=O)O)cc3)CCO2)n1. The maximum atomic E-state index is 12.4. The van der Waals surface area contributed by atoms with E-state index in [0.717, 1.165) is 16.3 Å². The number of morpholine rings is 1. The molecule has 0 bridgehead atoms. The van der Waals surface area contributed by atoms with E-state index >= 15 is 0 Å². The monoisotopic (exact) mass is 361 g/mol. The number of nitrogens with one attached hydrogen (secondary N) is 1. The van der Waals surface area contributed by atoms with Crippen molar-refractivity contribution in [2.45, 2.75) is 19.6 Å². The minimum atomic E-state index is -0.965. The van der Waals surface area contributed by atoms with Gasteiger partial charge in [-0.2, -0.15) is 0 Å². The lowest BCUT2D eigenvalue weighted by molar-refractivity contribution is -0.0156. The van der Waals surface area contributed by atoms with Gasteiger partial charge in [0.25, 0.3) is 0 Å². The van der Waals surface area contributed by atoms with Gasteiger partial charge in [-0.1, -0.05) is 12.1 Å². The van der Waals surface area contributed by atoms with E-state index in [-0.39, 0.29) is 17.7 Å². The smallest absolute Gasteiger partial charge is 0.335 e. The molecule has 1 fully saturated rings. The fraction of sp³-hybridized carbons (Fsp3) is 0.353. The molecule has 2 heterocycles. The van der Waals surface area contributed by atoms with Gasteiger partial charge in [0.15, 0.2) is 0 Å².